The van der Waals surface area contributed by atoms with Crippen LogP contribution in [0.2, 0.25) is 0 Å². The molecule has 0 unspecified atom stereocenters. The van der Waals surface area contributed by atoms with Gasteiger partial charge in [-0.05, 0) is 42.0 Å². The number of hydrogen-bond acceptors (Lipinski definition) is 2. The van der Waals surface area contributed by atoms with E-state index in [1.54, 1.807) is 12.1 Å². The molecule has 98 valence electrons. The lowest BCUT2D eigenvalue weighted by Gasteiger charge is -2.03. The molecule has 0 atom stereocenters. The van der Waals surface area contributed by atoms with Crippen LogP contribution < -0.4 is 0 Å². The predicted octanol–water partition coefficient (Wildman–Crippen LogP) is 3.96. The molecule has 0 amide bonds. The lowest BCUT2D eigenvalue weighted by atomic mass is 10.2. The fourth-order valence-corrected chi connectivity index (χ4v) is 2.33. The molecule has 5 heteroatoms. The van der Waals surface area contributed by atoms with E-state index in [0.29, 0.717) is 11.3 Å². The van der Waals surface area contributed by atoms with E-state index in [9.17, 15) is 13.6 Å². The first-order valence-corrected chi connectivity index (χ1v) is 6.45. The summed E-state index contributed by atoms with van der Waals surface area (Å²) >= 11 is 1.43. The highest BCUT2D eigenvalue weighted by Gasteiger charge is 2.04. The van der Waals surface area contributed by atoms with E-state index in [1.165, 1.54) is 30.0 Å². The van der Waals surface area contributed by atoms with E-state index >= 15 is 0 Å². The van der Waals surface area contributed by atoms with Crippen molar-refractivity contribution in [2.75, 3.05) is 0 Å². The van der Waals surface area contributed by atoms with Crippen LogP contribution in [-0.4, -0.2) is 11.1 Å². The van der Waals surface area contributed by atoms with Gasteiger partial charge >= 0.3 is 5.97 Å². The van der Waals surface area contributed by atoms with Crippen LogP contribution in [0.4, 0.5) is 8.78 Å². The number of hydrogen-bond donors (Lipinski definition) is 1. The molecule has 2 aromatic rings. The Hall–Kier alpha value is -1.88. The summed E-state index contributed by atoms with van der Waals surface area (Å²) in [6.07, 6.45) is 0. The minimum atomic E-state index is -0.975. The topological polar surface area (TPSA) is 37.3 Å². The van der Waals surface area contributed by atoms with Gasteiger partial charge in [0.15, 0.2) is 11.6 Å². The SMILES string of the molecule is O=C(O)c1ccc(SCc2ccc(F)c(F)c2)cc1. The van der Waals surface area contributed by atoms with Crippen LogP contribution >= 0.6 is 11.8 Å². The van der Waals surface area contributed by atoms with Crippen molar-refractivity contribution in [3.63, 3.8) is 0 Å². The largest absolute Gasteiger partial charge is 0.478 e. The van der Waals surface area contributed by atoms with Gasteiger partial charge in [0.1, 0.15) is 0 Å². The zero-order valence-corrected chi connectivity index (χ0v) is 10.6. The van der Waals surface area contributed by atoms with Crippen LogP contribution in [0.3, 0.4) is 0 Å². The van der Waals surface area contributed by atoms with Crippen molar-refractivity contribution in [2.45, 2.75) is 10.6 Å². The Morgan fingerprint density at radius 2 is 1.74 bits per heavy atom. The summed E-state index contributed by atoms with van der Waals surface area (Å²) < 4.78 is 25.7. The fraction of sp³-hybridized carbons (Fsp3) is 0.0714. The highest BCUT2D eigenvalue weighted by atomic mass is 32.2. The maximum atomic E-state index is 13.0. The Balaban J connectivity index is 2.01. The van der Waals surface area contributed by atoms with Gasteiger partial charge in [-0.3, -0.25) is 0 Å². The normalized spacial score (nSPS) is 10.4. The zero-order valence-electron chi connectivity index (χ0n) is 9.77. The number of carbonyl (C=O) groups is 1. The molecule has 0 radical (unpaired) electrons. The van der Waals surface area contributed by atoms with Gasteiger partial charge in [-0.25, -0.2) is 13.6 Å². The van der Waals surface area contributed by atoms with Gasteiger partial charge in [0.2, 0.25) is 0 Å². The monoisotopic (exact) mass is 280 g/mol. The van der Waals surface area contributed by atoms with Gasteiger partial charge in [0.25, 0.3) is 0 Å². The highest BCUT2D eigenvalue weighted by molar-refractivity contribution is 7.98. The first kappa shape index (κ1) is 13.5. The molecule has 0 saturated heterocycles. The van der Waals surface area contributed by atoms with Gasteiger partial charge in [-0.2, -0.15) is 0 Å². The number of rotatable bonds is 4. The Morgan fingerprint density at radius 1 is 1.05 bits per heavy atom. The lowest BCUT2D eigenvalue weighted by Crippen LogP contribution is -1.94. The van der Waals surface area contributed by atoms with E-state index in [2.05, 4.69) is 0 Å². The highest BCUT2D eigenvalue weighted by Crippen LogP contribution is 2.23. The molecule has 0 aromatic heterocycles. The average molecular weight is 280 g/mol. The number of aromatic carboxylic acids is 1. The van der Waals surface area contributed by atoms with Crippen LogP contribution in [0.5, 0.6) is 0 Å². The first-order chi connectivity index (χ1) is 9.06. The van der Waals surface area contributed by atoms with Crippen molar-refractivity contribution in [3.05, 3.63) is 65.2 Å². The van der Waals surface area contributed by atoms with E-state index in [1.807, 2.05) is 0 Å². The summed E-state index contributed by atoms with van der Waals surface area (Å²) in [6, 6.07) is 10.2. The molecule has 1 N–H and O–H groups in total. The van der Waals surface area contributed by atoms with Gasteiger partial charge in [0, 0.05) is 10.6 Å². The maximum absolute atomic E-state index is 13.0. The van der Waals surface area contributed by atoms with E-state index in [-0.39, 0.29) is 5.56 Å². The summed E-state index contributed by atoms with van der Waals surface area (Å²) in [5.74, 6) is -2.21. The molecule has 0 aliphatic rings. The van der Waals surface area contributed by atoms with Crippen molar-refractivity contribution in [1.82, 2.24) is 0 Å². The molecule has 0 fully saturated rings. The summed E-state index contributed by atoms with van der Waals surface area (Å²) in [5, 5.41) is 8.76. The number of carboxylic acid groups (broad SMARTS) is 1. The number of benzene rings is 2. The molecular formula is C14H10F2O2S. The molecule has 0 aliphatic heterocycles. The smallest absolute Gasteiger partial charge is 0.335 e. The van der Waals surface area contributed by atoms with Crippen LogP contribution in [0.15, 0.2) is 47.4 Å². The number of halogens is 2. The summed E-state index contributed by atoms with van der Waals surface area (Å²) in [7, 11) is 0. The molecule has 0 spiro atoms. The molecule has 0 heterocycles. The van der Waals surface area contributed by atoms with Crippen LogP contribution in [0.25, 0.3) is 0 Å². The molecule has 0 bridgehead atoms. The van der Waals surface area contributed by atoms with Gasteiger partial charge in [-0.1, -0.05) is 6.07 Å². The third kappa shape index (κ3) is 3.54. The van der Waals surface area contributed by atoms with E-state index in [4.69, 9.17) is 5.11 Å². The third-order valence-electron chi connectivity index (χ3n) is 2.49. The Bertz CT molecular complexity index is 597. The van der Waals surface area contributed by atoms with Gasteiger partial charge < -0.3 is 5.11 Å². The minimum Gasteiger partial charge on any atom is -0.478 e. The molecule has 2 aromatic carbocycles. The summed E-state index contributed by atoms with van der Waals surface area (Å²) in [5.41, 5.74) is 0.892. The third-order valence-corrected chi connectivity index (χ3v) is 3.57. The van der Waals surface area contributed by atoms with Gasteiger partial charge in [0.05, 0.1) is 5.56 Å². The lowest BCUT2D eigenvalue weighted by molar-refractivity contribution is 0.0697. The van der Waals surface area contributed by atoms with Crippen LogP contribution in [0.1, 0.15) is 15.9 Å². The second-order valence-electron chi connectivity index (χ2n) is 3.87. The van der Waals surface area contributed by atoms with Crippen molar-refractivity contribution >= 4 is 17.7 Å². The molecule has 2 nitrogen and oxygen atoms in total. The van der Waals surface area contributed by atoms with Crippen LogP contribution in [0, 0.1) is 11.6 Å². The summed E-state index contributed by atoms with van der Waals surface area (Å²) in [4.78, 5) is 11.5. The Labute approximate surface area is 113 Å². The standard InChI is InChI=1S/C14H10F2O2S/c15-12-6-1-9(7-13(12)16)8-19-11-4-2-10(3-5-11)14(17)18/h1-7H,8H2,(H,17,18). The second-order valence-corrected chi connectivity index (χ2v) is 4.92. The average Bonchev–Trinajstić information content (AvgIpc) is 2.40. The zero-order chi connectivity index (χ0) is 13.8. The second kappa shape index (κ2) is 5.84. The van der Waals surface area contributed by atoms with Crippen molar-refractivity contribution in [1.29, 1.82) is 0 Å². The molecule has 0 aliphatic carbocycles. The Morgan fingerprint density at radius 3 is 2.32 bits per heavy atom. The quantitative estimate of drug-likeness (QED) is 0.861. The predicted molar refractivity (Wildman–Crippen MR) is 69.3 cm³/mol. The van der Waals surface area contributed by atoms with E-state index in [0.717, 1.165) is 17.0 Å². The van der Waals surface area contributed by atoms with Crippen molar-refractivity contribution in [2.24, 2.45) is 0 Å². The summed E-state index contributed by atoms with van der Waals surface area (Å²) in [6.45, 7) is 0. The molecule has 2 rings (SSSR count). The minimum absolute atomic E-state index is 0.220. The first-order valence-electron chi connectivity index (χ1n) is 5.46. The molecule has 19 heavy (non-hydrogen) atoms. The van der Waals surface area contributed by atoms with E-state index < -0.39 is 17.6 Å². The maximum Gasteiger partial charge on any atom is 0.335 e. The van der Waals surface area contributed by atoms with Crippen LogP contribution in [-0.2, 0) is 5.75 Å². The van der Waals surface area contributed by atoms with Crippen molar-refractivity contribution in [3.8, 4) is 0 Å². The van der Waals surface area contributed by atoms with Crippen molar-refractivity contribution < 1.29 is 18.7 Å². The molecular weight excluding hydrogens is 270 g/mol. The fourth-order valence-electron chi connectivity index (χ4n) is 1.49. The number of thioether (sulfide) groups is 1. The Kier molecular flexibility index (Phi) is 4.16. The van der Waals surface area contributed by atoms with Gasteiger partial charge in [-0.15, -0.1) is 11.8 Å². The number of carboxylic acids is 1. The molecule has 0 saturated carbocycles.